The lowest BCUT2D eigenvalue weighted by Crippen LogP contribution is -2.47. The summed E-state index contributed by atoms with van der Waals surface area (Å²) in [6.07, 6.45) is 12.6. The first-order chi connectivity index (χ1) is 21.8. The molecular weight excluding hydrogens is 578 g/mol. The maximum absolute atomic E-state index is 5.58. The third kappa shape index (κ3) is 2.34. The van der Waals surface area contributed by atoms with Crippen LogP contribution in [0.3, 0.4) is 0 Å². The zero-order valence-electron chi connectivity index (χ0n) is 22.7. The molecule has 0 atom stereocenters. The van der Waals surface area contributed by atoms with Crippen LogP contribution in [0.15, 0.2) is 123 Å². The number of hydrogen-bond donors (Lipinski definition) is 7. The second kappa shape index (κ2) is 8.17. The van der Waals surface area contributed by atoms with Gasteiger partial charge in [-0.1, -0.05) is 32.6 Å². The van der Waals surface area contributed by atoms with Crippen molar-refractivity contribution in [1.82, 2.24) is 71.2 Å². The summed E-state index contributed by atoms with van der Waals surface area (Å²) in [7, 11) is -5.33. The quantitative estimate of drug-likeness (QED) is 0.140. The van der Waals surface area contributed by atoms with Gasteiger partial charge in [0.15, 0.2) is 0 Å². The third-order valence-electron chi connectivity index (χ3n) is 8.61. The van der Waals surface area contributed by atoms with Gasteiger partial charge in [-0.05, 0) is 35.5 Å². The Bertz CT molecular complexity index is 2210. The molecule has 0 bridgehead atoms. The maximum atomic E-state index is 5.58. The first-order valence-corrected chi connectivity index (χ1v) is 16.0. The van der Waals surface area contributed by atoms with Crippen LogP contribution in [0.1, 0.15) is 17.2 Å². The van der Waals surface area contributed by atoms with Crippen LogP contribution >= 0.6 is 8.29 Å². The molecule has 0 aliphatic carbocycles. The molecule has 9 rings (SSSR count). The van der Waals surface area contributed by atoms with Crippen molar-refractivity contribution in [2.45, 2.75) is 20.2 Å². The minimum absolute atomic E-state index is 0.309. The molecule has 0 spiro atoms. The summed E-state index contributed by atoms with van der Waals surface area (Å²) < 4.78 is 0. The second-order valence-corrected chi connectivity index (χ2v) is 15.8. The summed E-state index contributed by atoms with van der Waals surface area (Å²) >= 11 is 0. The zero-order valence-corrected chi connectivity index (χ0v) is 23.5. The van der Waals surface area contributed by atoms with Crippen LogP contribution in [0.4, 0.5) is 0 Å². The molecule has 44 heavy (non-hydrogen) atoms. The van der Waals surface area contributed by atoms with E-state index < -0.39 is 8.29 Å². The lowest BCUT2D eigenvalue weighted by Gasteiger charge is -2.71. The van der Waals surface area contributed by atoms with Crippen molar-refractivity contribution in [3.05, 3.63) is 115 Å². The van der Waals surface area contributed by atoms with Gasteiger partial charge in [0.1, 0.15) is 21.6 Å². The molecule has 0 unspecified atom stereocenters. The number of imidazole rings is 1. The van der Waals surface area contributed by atoms with E-state index >= 15 is 0 Å². The number of aromatic nitrogens is 14. The number of benzene rings is 1. The number of aromatic amines is 7. The maximum Gasteiger partial charge on any atom is 0.224 e. The van der Waals surface area contributed by atoms with E-state index in [1.54, 1.807) is 24.8 Å². The van der Waals surface area contributed by atoms with Crippen molar-refractivity contribution in [3.8, 4) is 0 Å². The van der Waals surface area contributed by atoms with Crippen LogP contribution in [-0.4, -0.2) is 76.2 Å². The molecule has 0 fully saturated rings. The molecule has 1 aromatic carbocycles. The van der Waals surface area contributed by atoms with Gasteiger partial charge < -0.3 is 19.9 Å². The summed E-state index contributed by atoms with van der Waals surface area (Å²) in [5, 5.41) is 41.2. The van der Waals surface area contributed by atoms with Crippen LogP contribution in [0.2, 0.25) is 0 Å². The fourth-order valence-electron chi connectivity index (χ4n) is 7.03. The summed E-state index contributed by atoms with van der Waals surface area (Å²) in [6, 6.07) is 17.8. The highest BCUT2D eigenvalue weighted by atomic mass is 32.4. The molecule has 8 aromatic rings. The van der Waals surface area contributed by atoms with E-state index in [2.05, 4.69) is 63.0 Å². The van der Waals surface area contributed by atoms with Gasteiger partial charge in [0.25, 0.3) is 0 Å². The van der Waals surface area contributed by atoms with Crippen molar-refractivity contribution < 1.29 is 0 Å². The molecule has 0 saturated heterocycles. The summed E-state index contributed by atoms with van der Waals surface area (Å²) in [4.78, 5) is 25.3. The Morgan fingerprint density at radius 2 is 1.66 bits per heavy atom. The van der Waals surface area contributed by atoms with Crippen LogP contribution in [0.25, 0.3) is 21.4 Å². The van der Waals surface area contributed by atoms with Gasteiger partial charge in [0.05, 0.1) is 32.5 Å². The fraction of sp³-hybridized carbons (Fsp3) is 0. The van der Waals surface area contributed by atoms with Crippen LogP contribution in [-0.2, 0) is 0 Å². The van der Waals surface area contributed by atoms with Crippen molar-refractivity contribution in [3.63, 3.8) is 0 Å². The van der Waals surface area contributed by atoms with Crippen LogP contribution < -0.4 is 0 Å². The van der Waals surface area contributed by atoms with E-state index in [0.29, 0.717) is 48.1 Å². The van der Waals surface area contributed by atoms with Gasteiger partial charge in [0, 0.05) is 48.0 Å². The second-order valence-electron chi connectivity index (χ2n) is 10.4. The minimum atomic E-state index is -5.33. The van der Waals surface area contributed by atoms with E-state index in [9.17, 15) is 0 Å². The Morgan fingerprint density at radius 3 is 2.39 bits per heavy atom. The lowest BCUT2D eigenvalue weighted by atomic mass is 10.2. The number of tetrazole rings is 1. The van der Waals surface area contributed by atoms with E-state index in [0.717, 1.165) is 15.8 Å². The van der Waals surface area contributed by atoms with Crippen LogP contribution in [0, 0.1) is 0 Å². The molecular formula is C28H23N15S. The van der Waals surface area contributed by atoms with Gasteiger partial charge in [-0.2, -0.15) is 25.7 Å². The van der Waals surface area contributed by atoms with E-state index in [-0.39, 0.29) is 0 Å². The monoisotopic (exact) mass is 601 g/mol. The van der Waals surface area contributed by atoms with Gasteiger partial charge in [-0.3, -0.25) is 5.10 Å². The smallest absolute Gasteiger partial charge is 0.224 e. The summed E-state index contributed by atoms with van der Waals surface area (Å²) in [6.45, 7) is 0. The van der Waals surface area contributed by atoms with Crippen LogP contribution in [0.5, 0.6) is 0 Å². The molecule has 1 aliphatic heterocycles. The van der Waals surface area contributed by atoms with Crippen molar-refractivity contribution >= 4 is 34.7 Å². The number of nitrogens with zero attached hydrogens (tertiary/aromatic N) is 8. The first kappa shape index (κ1) is 24.3. The van der Waals surface area contributed by atoms with Crippen molar-refractivity contribution in [2.75, 3.05) is 0 Å². The molecule has 7 aromatic heterocycles. The van der Waals surface area contributed by atoms with Crippen molar-refractivity contribution in [2.24, 2.45) is 4.99 Å². The number of aliphatic imine (C=N–C) groups is 1. The average molecular weight is 602 g/mol. The Balaban J connectivity index is 1.74. The van der Waals surface area contributed by atoms with Gasteiger partial charge in [-0.15, -0.1) is 10.2 Å². The van der Waals surface area contributed by atoms with Crippen molar-refractivity contribution in [1.29, 1.82) is 0 Å². The molecule has 0 amide bonds. The number of fused-ring (bicyclic) bond motifs is 1. The average Bonchev–Trinajstić information content (AvgIpc) is 3.92. The molecule has 216 valence electrons. The standard InChI is InChI=1S/C28H23N15S/c1-2-6-18-17(5-1)15-33-26(18)44(21-8-4-11-30-21,22-16-35-41-38-22,28-39-42-43-40-28)24(25-31-13-14-32-25)23(19-9-12-34-37-19)36-27(44)20-7-3-10-29-20/h1-16,29-30,33H,(H,31,32)(H,34,37)(H,35,38,41)(H,39,40,42,43). The highest BCUT2D eigenvalue weighted by molar-refractivity contribution is 8.80. The Hall–Kier alpha value is -6.29. The Labute approximate surface area is 246 Å². The third-order valence-corrected chi connectivity index (χ3v) is 16.3. The number of rotatable bonds is 7. The summed E-state index contributed by atoms with van der Waals surface area (Å²) in [5.74, 6) is 0.516. The topological polar surface area (TPSA) is 213 Å². The largest absolute Gasteiger partial charge is 0.360 e. The Kier molecular flexibility index (Phi) is 4.51. The van der Waals surface area contributed by atoms with Gasteiger partial charge in [-0.25, -0.2) is 9.98 Å². The minimum Gasteiger partial charge on any atom is -0.360 e. The highest BCUT2D eigenvalue weighted by Crippen LogP contribution is 3.12. The predicted molar refractivity (Wildman–Crippen MR) is 162 cm³/mol. The van der Waals surface area contributed by atoms with E-state index in [1.807, 2.05) is 61.1 Å². The molecule has 0 saturated carbocycles. The molecule has 16 heteroatoms. The Morgan fingerprint density at radius 1 is 0.727 bits per heavy atom. The van der Waals surface area contributed by atoms with Gasteiger partial charge in [0.2, 0.25) is 5.16 Å². The molecule has 8 heterocycles. The molecule has 7 N–H and O–H groups in total. The molecule has 1 aliphatic rings. The lowest BCUT2D eigenvalue weighted by molar-refractivity contribution is 0.872. The fourth-order valence-corrected chi connectivity index (χ4v) is 15.2. The molecule has 15 nitrogen and oxygen atoms in total. The zero-order chi connectivity index (χ0) is 29.3. The predicted octanol–water partition coefficient (Wildman–Crippen LogP) is 4.30. The van der Waals surface area contributed by atoms with E-state index in [1.165, 1.54) is 0 Å². The number of nitrogens with one attached hydrogen (secondary N) is 7. The molecule has 0 radical (unpaired) electrons. The van der Waals surface area contributed by atoms with E-state index in [4.69, 9.17) is 25.3 Å². The highest BCUT2D eigenvalue weighted by Gasteiger charge is 2.83. The summed E-state index contributed by atoms with van der Waals surface area (Å²) in [5.41, 5.74) is 1.91. The number of H-pyrrole nitrogens is 7. The first-order valence-electron chi connectivity index (χ1n) is 13.6. The normalized spacial score (nSPS) is 18.5. The SMILES string of the molecule is c1c[nH]c(C2=NC(c3ccn[nH]3)=C(c3ncc[nH]3)S2(c2cn[nH]n2)(c2nn[nH]n2)(c2ccc[nH]2)c2[nH]cc3ccccc23)c1. The number of hydrogen-bond acceptors (Lipinski definition) is 8. The van der Waals surface area contributed by atoms with Gasteiger partial charge >= 0.3 is 0 Å².